The minimum atomic E-state index is -0.755. The minimum absolute atomic E-state index is 0.153. The lowest BCUT2D eigenvalue weighted by atomic mass is 10.2. The number of amides is 1. The molecule has 0 atom stereocenters. The second-order valence-electron chi connectivity index (χ2n) is 4.14. The molecule has 8 heteroatoms. The van der Waals surface area contributed by atoms with Crippen LogP contribution in [0.4, 0.5) is 5.69 Å². The molecule has 0 aliphatic heterocycles. The van der Waals surface area contributed by atoms with Gasteiger partial charge >= 0.3 is 17.2 Å². The van der Waals surface area contributed by atoms with Crippen LogP contribution in [0.1, 0.15) is 16.1 Å². The second-order valence-corrected chi connectivity index (χ2v) is 4.55. The number of carbonyl (C=O) groups is 1. The van der Waals surface area contributed by atoms with Gasteiger partial charge in [-0.1, -0.05) is 16.3 Å². The van der Waals surface area contributed by atoms with Gasteiger partial charge in [-0.3, -0.25) is 9.32 Å². The third-order valence-electron chi connectivity index (χ3n) is 2.75. The fraction of sp³-hybridized carbons (Fsp3) is 0.250. The Labute approximate surface area is 119 Å². The highest BCUT2D eigenvalue weighted by molar-refractivity contribution is 6.31. The molecule has 7 nitrogen and oxygen atoms in total. The van der Waals surface area contributed by atoms with E-state index in [1.807, 2.05) is 0 Å². The summed E-state index contributed by atoms with van der Waals surface area (Å²) in [5.41, 5.74) is 0.280. The Hall–Kier alpha value is -2.28. The molecule has 1 heterocycles. The molecule has 2 rings (SSSR count). The summed E-state index contributed by atoms with van der Waals surface area (Å²) in [6, 6.07) is 3.25. The van der Waals surface area contributed by atoms with E-state index in [1.54, 1.807) is 19.1 Å². The van der Waals surface area contributed by atoms with Crippen molar-refractivity contribution in [3.8, 4) is 5.75 Å². The van der Waals surface area contributed by atoms with E-state index in [9.17, 15) is 9.59 Å². The maximum absolute atomic E-state index is 12.1. The van der Waals surface area contributed by atoms with E-state index >= 15 is 0 Å². The molecule has 0 saturated heterocycles. The van der Waals surface area contributed by atoms with Gasteiger partial charge in [-0.25, -0.2) is 4.79 Å². The van der Waals surface area contributed by atoms with Gasteiger partial charge < -0.3 is 10.1 Å². The minimum Gasteiger partial charge on any atom is -0.495 e. The van der Waals surface area contributed by atoms with Gasteiger partial charge in [0.1, 0.15) is 5.75 Å². The first kappa shape index (κ1) is 14.1. The highest BCUT2D eigenvalue weighted by Crippen LogP contribution is 2.30. The SMILES string of the molecule is COc1cc(Cl)c(C)cc1NC(=O)c1c(=O)o[nH][n+]1C. The van der Waals surface area contributed by atoms with Crippen LogP contribution in [0.3, 0.4) is 0 Å². The van der Waals surface area contributed by atoms with E-state index in [1.165, 1.54) is 18.8 Å². The normalized spacial score (nSPS) is 10.4. The summed E-state index contributed by atoms with van der Waals surface area (Å²) in [5, 5.41) is 5.38. The van der Waals surface area contributed by atoms with Crippen LogP contribution in [0.5, 0.6) is 5.75 Å². The van der Waals surface area contributed by atoms with Crippen molar-refractivity contribution >= 4 is 23.2 Å². The first-order chi connectivity index (χ1) is 9.43. The zero-order chi connectivity index (χ0) is 14.9. The summed E-state index contributed by atoms with van der Waals surface area (Å²) in [4.78, 5) is 23.5. The summed E-state index contributed by atoms with van der Waals surface area (Å²) in [6.45, 7) is 1.79. The molecule has 1 amide bonds. The summed E-state index contributed by atoms with van der Waals surface area (Å²) < 4.78 is 10.9. The van der Waals surface area contributed by atoms with Crippen LogP contribution < -0.4 is 20.4 Å². The van der Waals surface area contributed by atoms with Gasteiger partial charge in [-0.05, 0) is 23.8 Å². The van der Waals surface area contributed by atoms with E-state index in [-0.39, 0.29) is 5.69 Å². The molecule has 0 aliphatic carbocycles. The van der Waals surface area contributed by atoms with E-state index < -0.39 is 11.5 Å². The van der Waals surface area contributed by atoms with Crippen molar-refractivity contribution in [2.45, 2.75) is 6.92 Å². The number of benzene rings is 1. The standard InChI is InChI=1S/C12H12ClN3O4/c1-6-4-8(9(19-3)5-7(6)13)14-11(17)10-12(18)20-15-16(10)2/h4-5H,1-3H3,(H-,14,15,17,18)/p+1. The summed E-state index contributed by atoms with van der Waals surface area (Å²) >= 11 is 5.98. The molecule has 106 valence electrons. The van der Waals surface area contributed by atoms with E-state index in [4.69, 9.17) is 16.3 Å². The predicted octanol–water partition coefficient (Wildman–Crippen LogP) is 1.02. The lowest BCUT2D eigenvalue weighted by molar-refractivity contribution is -0.741. The number of anilines is 1. The number of aryl methyl sites for hydroxylation is 2. The number of aromatic nitrogens is 2. The fourth-order valence-electron chi connectivity index (χ4n) is 1.70. The molecule has 1 aromatic carbocycles. The number of ether oxygens (including phenoxy) is 1. The average Bonchev–Trinajstić information content (AvgIpc) is 2.73. The maximum atomic E-state index is 12.1. The van der Waals surface area contributed by atoms with Crippen LogP contribution in [0.25, 0.3) is 0 Å². The van der Waals surface area contributed by atoms with Crippen LogP contribution >= 0.6 is 11.6 Å². The van der Waals surface area contributed by atoms with Crippen molar-refractivity contribution in [3.05, 3.63) is 38.8 Å². The molecule has 20 heavy (non-hydrogen) atoms. The molecular weight excluding hydrogens is 286 g/mol. The van der Waals surface area contributed by atoms with Crippen molar-refractivity contribution in [2.75, 3.05) is 12.4 Å². The molecule has 2 N–H and O–H groups in total. The number of halogens is 1. The Bertz CT molecular complexity index is 720. The molecule has 0 unspecified atom stereocenters. The molecule has 0 saturated carbocycles. The van der Waals surface area contributed by atoms with Gasteiger partial charge in [0, 0.05) is 11.1 Å². The number of nitrogens with zero attached hydrogens (tertiary/aromatic N) is 1. The number of carbonyl (C=O) groups excluding carboxylic acids is 1. The van der Waals surface area contributed by atoms with Gasteiger partial charge in [0.05, 0.1) is 12.8 Å². The molecule has 0 aliphatic rings. The topological polar surface area (TPSA) is 88.2 Å². The van der Waals surface area contributed by atoms with E-state index in [0.29, 0.717) is 16.5 Å². The molecule has 0 radical (unpaired) electrons. The van der Waals surface area contributed by atoms with E-state index in [2.05, 4.69) is 15.1 Å². The van der Waals surface area contributed by atoms with E-state index in [0.717, 1.165) is 5.56 Å². The van der Waals surface area contributed by atoms with Gasteiger partial charge in [0.2, 0.25) is 0 Å². The molecule has 2 aromatic rings. The fourth-order valence-corrected chi connectivity index (χ4v) is 1.85. The highest BCUT2D eigenvalue weighted by Gasteiger charge is 2.27. The summed E-state index contributed by atoms with van der Waals surface area (Å²) in [5.74, 6) is -0.209. The lowest BCUT2D eigenvalue weighted by Gasteiger charge is -2.10. The van der Waals surface area contributed by atoms with Crippen molar-refractivity contribution in [3.63, 3.8) is 0 Å². The first-order valence-electron chi connectivity index (χ1n) is 5.67. The molecule has 0 spiro atoms. The van der Waals surface area contributed by atoms with Gasteiger partial charge in [0.15, 0.2) is 7.05 Å². The van der Waals surface area contributed by atoms with Crippen LogP contribution in [0.2, 0.25) is 5.02 Å². The smallest absolute Gasteiger partial charge is 0.440 e. The second kappa shape index (κ2) is 5.38. The lowest BCUT2D eigenvalue weighted by Crippen LogP contribution is -2.41. The van der Waals surface area contributed by atoms with Crippen LogP contribution in [-0.4, -0.2) is 18.3 Å². The Morgan fingerprint density at radius 1 is 1.50 bits per heavy atom. The van der Waals surface area contributed by atoms with Gasteiger partial charge in [-0.2, -0.15) is 0 Å². The number of rotatable bonds is 3. The van der Waals surface area contributed by atoms with Crippen molar-refractivity contribution < 1.29 is 18.7 Å². The highest BCUT2D eigenvalue weighted by atomic mass is 35.5. The average molecular weight is 299 g/mol. The first-order valence-corrected chi connectivity index (χ1v) is 6.04. The largest absolute Gasteiger partial charge is 0.495 e. The van der Waals surface area contributed by atoms with Crippen molar-refractivity contribution in [1.82, 2.24) is 5.27 Å². The number of aromatic amines is 1. The maximum Gasteiger partial charge on any atom is 0.440 e. The van der Waals surface area contributed by atoms with Crippen LogP contribution in [0, 0.1) is 6.92 Å². The zero-order valence-electron chi connectivity index (χ0n) is 11.1. The van der Waals surface area contributed by atoms with Gasteiger partial charge in [0.25, 0.3) is 0 Å². The van der Waals surface area contributed by atoms with Gasteiger partial charge in [-0.15, -0.1) is 0 Å². The zero-order valence-corrected chi connectivity index (χ0v) is 11.9. The Balaban J connectivity index is 2.38. The number of H-pyrrole nitrogens is 1. The monoisotopic (exact) mass is 298 g/mol. The quantitative estimate of drug-likeness (QED) is 0.828. The Morgan fingerprint density at radius 3 is 2.75 bits per heavy atom. The van der Waals surface area contributed by atoms with Crippen LogP contribution in [-0.2, 0) is 7.05 Å². The third-order valence-corrected chi connectivity index (χ3v) is 3.16. The van der Waals surface area contributed by atoms with Crippen molar-refractivity contribution in [2.24, 2.45) is 7.05 Å². The Kier molecular flexibility index (Phi) is 3.80. The number of methoxy groups -OCH3 is 1. The predicted molar refractivity (Wildman–Crippen MR) is 71.2 cm³/mol. The van der Waals surface area contributed by atoms with Crippen LogP contribution in [0.15, 0.2) is 21.5 Å². The third kappa shape index (κ3) is 2.53. The summed E-state index contributed by atoms with van der Waals surface area (Å²) in [7, 11) is 2.95. The number of hydrogen-bond donors (Lipinski definition) is 2. The molecule has 1 aromatic heterocycles. The van der Waals surface area contributed by atoms with Crippen molar-refractivity contribution in [1.29, 1.82) is 0 Å². The molecular formula is C12H13ClN3O4+. The number of hydrogen-bond acceptors (Lipinski definition) is 4. The number of nitrogens with one attached hydrogen (secondary N) is 2. The summed E-state index contributed by atoms with van der Waals surface area (Å²) in [6.07, 6.45) is 0. The molecule has 0 fully saturated rings. The molecule has 0 bridgehead atoms. The Morgan fingerprint density at radius 2 is 2.20 bits per heavy atom.